The Labute approximate surface area is 167 Å². The van der Waals surface area contributed by atoms with Gasteiger partial charge in [0.25, 0.3) is 0 Å². The van der Waals surface area contributed by atoms with Gasteiger partial charge in [-0.1, -0.05) is 13.8 Å². The summed E-state index contributed by atoms with van der Waals surface area (Å²) in [5.74, 6) is -8.52. The van der Waals surface area contributed by atoms with Gasteiger partial charge in [-0.2, -0.15) is 0 Å². The molecule has 0 aromatic heterocycles. The number of hydrogen-bond donors (Lipinski definition) is 2. The Kier molecular flexibility index (Phi) is 5.69. The molecule has 160 valence electrons. The minimum absolute atomic E-state index is 0.0458. The van der Waals surface area contributed by atoms with E-state index < -0.39 is 69.2 Å². The molecule has 4 atom stereocenters. The van der Waals surface area contributed by atoms with Gasteiger partial charge in [-0.05, 0) is 6.42 Å². The third kappa shape index (κ3) is 2.47. The zero-order valence-corrected chi connectivity index (χ0v) is 17.0. The van der Waals surface area contributed by atoms with Crippen LogP contribution in [0.4, 0.5) is 0 Å². The lowest BCUT2D eigenvalue weighted by Gasteiger charge is -2.43. The lowest BCUT2D eigenvalue weighted by Crippen LogP contribution is -2.49. The second-order valence-electron chi connectivity index (χ2n) is 6.94. The third-order valence-corrected chi connectivity index (χ3v) is 6.23. The van der Waals surface area contributed by atoms with E-state index in [1.54, 1.807) is 6.92 Å². The number of rotatable bonds is 5. The standard InChI is InChI=1S/C19H24O10/c1-7-19-10(16(24)28-5)12(20)8(14(22)26-3)18(19,2)9(15(23)27-4)13(21)11(19)17(25)29-6/h8,11,20-21H,7H2,1-6H3/t8-,11-,18+,19-/m1/s1. The topological polar surface area (TPSA) is 146 Å². The van der Waals surface area contributed by atoms with E-state index in [9.17, 15) is 29.4 Å². The van der Waals surface area contributed by atoms with Crippen LogP contribution in [0.1, 0.15) is 20.3 Å². The maximum atomic E-state index is 12.7. The second-order valence-corrected chi connectivity index (χ2v) is 6.94. The van der Waals surface area contributed by atoms with Gasteiger partial charge in [0.15, 0.2) is 0 Å². The molecule has 0 fully saturated rings. The van der Waals surface area contributed by atoms with Crippen molar-refractivity contribution in [1.82, 2.24) is 0 Å². The fraction of sp³-hybridized carbons (Fsp3) is 0.579. The lowest BCUT2D eigenvalue weighted by molar-refractivity contribution is -0.158. The van der Waals surface area contributed by atoms with Crippen molar-refractivity contribution in [1.29, 1.82) is 0 Å². The van der Waals surface area contributed by atoms with Crippen molar-refractivity contribution in [3.05, 3.63) is 22.7 Å². The molecular weight excluding hydrogens is 388 g/mol. The predicted octanol–water partition coefficient (Wildman–Crippen LogP) is 0.965. The van der Waals surface area contributed by atoms with E-state index in [4.69, 9.17) is 18.9 Å². The minimum Gasteiger partial charge on any atom is -0.511 e. The van der Waals surface area contributed by atoms with Crippen LogP contribution in [0.2, 0.25) is 0 Å². The number of methoxy groups -OCH3 is 4. The highest BCUT2D eigenvalue weighted by Crippen LogP contribution is 2.72. The van der Waals surface area contributed by atoms with E-state index in [-0.39, 0.29) is 6.42 Å². The minimum atomic E-state index is -1.77. The molecule has 0 heterocycles. The number of fused-ring (bicyclic) bond motifs is 1. The van der Waals surface area contributed by atoms with E-state index in [0.717, 1.165) is 28.4 Å². The SMILES string of the molecule is CC[C@]12C(C(=O)OC)=C(O)[C@H](C(=O)OC)[C@@]1(C)C(C(=O)OC)=C(O)[C@@H]2C(=O)OC. The Morgan fingerprint density at radius 2 is 1.21 bits per heavy atom. The van der Waals surface area contributed by atoms with Gasteiger partial charge in [-0.15, -0.1) is 0 Å². The molecule has 0 aromatic carbocycles. The normalized spacial score (nSPS) is 30.7. The highest BCUT2D eigenvalue weighted by Gasteiger charge is 2.77. The number of aliphatic hydroxyl groups excluding tert-OH is 2. The van der Waals surface area contributed by atoms with Crippen LogP contribution in [-0.4, -0.2) is 62.5 Å². The van der Waals surface area contributed by atoms with Crippen LogP contribution in [0.5, 0.6) is 0 Å². The first kappa shape index (κ1) is 22.3. The van der Waals surface area contributed by atoms with Gasteiger partial charge in [0.05, 0.1) is 39.6 Å². The van der Waals surface area contributed by atoms with Gasteiger partial charge < -0.3 is 29.2 Å². The van der Waals surface area contributed by atoms with E-state index in [2.05, 4.69) is 0 Å². The molecule has 10 heteroatoms. The molecule has 0 aromatic rings. The molecule has 0 unspecified atom stereocenters. The summed E-state index contributed by atoms with van der Waals surface area (Å²) in [7, 11) is 4.25. The number of ether oxygens (including phenoxy) is 4. The summed E-state index contributed by atoms with van der Waals surface area (Å²) in [4.78, 5) is 50.7. The van der Waals surface area contributed by atoms with E-state index >= 15 is 0 Å². The van der Waals surface area contributed by atoms with Gasteiger partial charge in [0.1, 0.15) is 23.4 Å². The average Bonchev–Trinajstić information content (AvgIpc) is 3.02. The summed E-state index contributed by atoms with van der Waals surface area (Å²) in [5.41, 5.74) is -4.32. The molecule has 2 aliphatic carbocycles. The van der Waals surface area contributed by atoms with Crippen molar-refractivity contribution in [2.75, 3.05) is 28.4 Å². The average molecular weight is 412 g/mol. The Morgan fingerprint density at radius 1 is 0.793 bits per heavy atom. The Hall–Kier alpha value is -3.04. The zero-order chi connectivity index (χ0) is 22.3. The predicted molar refractivity (Wildman–Crippen MR) is 95.2 cm³/mol. The first-order valence-corrected chi connectivity index (χ1v) is 8.76. The van der Waals surface area contributed by atoms with Crippen molar-refractivity contribution in [2.24, 2.45) is 22.7 Å². The molecule has 2 aliphatic rings. The number of hydrogen-bond acceptors (Lipinski definition) is 10. The molecule has 2 N–H and O–H groups in total. The summed E-state index contributed by atoms with van der Waals surface area (Å²) < 4.78 is 19.2. The summed E-state index contributed by atoms with van der Waals surface area (Å²) in [6.07, 6.45) is -0.0458. The van der Waals surface area contributed by atoms with E-state index in [1.807, 2.05) is 0 Å². The molecular formula is C19H24O10. The highest BCUT2D eigenvalue weighted by molar-refractivity contribution is 6.03. The van der Waals surface area contributed by atoms with Gasteiger partial charge >= 0.3 is 23.9 Å². The zero-order valence-electron chi connectivity index (χ0n) is 17.0. The fourth-order valence-electron chi connectivity index (χ4n) is 5.07. The summed E-state index contributed by atoms with van der Waals surface area (Å²) >= 11 is 0. The Balaban J connectivity index is 3.05. The lowest BCUT2D eigenvalue weighted by atomic mass is 9.55. The number of carbonyl (C=O) groups is 4. The Bertz CT molecular complexity index is 838. The third-order valence-electron chi connectivity index (χ3n) is 6.23. The fourth-order valence-corrected chi connectivity index (χ4v) is 5.07. The van der Waals surface area contributed by atoms with E-state index in [0.29, 0.717) is 0 Å². The summed E-state index contributed by atoms with van der Waals surface area (Å²) in [6, 6.07) is 0. The number of carbonyl (C=O) groups excluding carboxylic acids is 4. The van der Waals surface area contributed by atoms with Gasteiger partial charge in [-0.25, -0.2) is 9.59 Å². The van der Waals surface area contributed by atoms with Crippen LogP contribution < -0.4 is 0 Å². The molecule has 0 spiro atoms. The van der Waals surface area contributed by atoms with Gasteiger partial charge in [0.2, 0.25) is 0 Å². The monoisotopic (exact) mass is 412 g/mol. The number of aliphatic hydroxyl groups is 2. The van der Waals surface area contributed by atoms with Crippen LogP contribution in [-0.2, 0) is 38.1 Å². The molecule has 0 bridgehead atoms. The molecule has 10 nitrogen and oxygen atoms in total. The second kappa shape index (κ2) is 7.41. The van der Waals surface area contributed by atoms with Crippen molar-refractivity contribution in [2.45, 2.75) is 20.3 Å². The summed E-state index contributed by atoms with van der Waals surface area (Å²) in [6.45, 7) is 2.97. The maximum absolute atomic E-state index is 12.7. The molecule has 0 amide bonds. The highest BCUT2D eigenvalue weighted by atomic mass is 16.5. The first-order valence-electron chi connectivity index (χ1n) is 8.76. The largest absolute Gasteiger partial charge is 0.511 e. The molecule has 0 saturated carbocycles. The van der Waals surface area contributed by atoms with Crippen LogP contribution in [0.3, 0.4) is 0 Å². The van der Waals surface area contributed by atoms with Crippen molar-refractivity contribution in [3.8, 4) is 0 Å². The molecule has 0 saturated heterocycles. The Morgan fingerprint density at radius 3 is 1.62 bits per heavy atom. The van der Waals surface area contributed by atoms with Gasteiger partial charge in [-0.3, -0.25) is 9.59 Å². The number of esters is 4. The van der Waals surface area contributed by atoms with Gasteiger partial charge in [0, 0.05) is 10.8 Å². The van der Waals surface area contributed by atoms with Crippen molar-refractivity contribution < 1.29 is 48.3 Å². The van der Waals surface area contributed by atoms with Crippen molar-refractivity contribution >= 4 is 23.9 Å². The molecule has 29 heavy (non-hydrogen) atoms. The quantitative estimate of drug-likeness (QED) is 0.494. The smallest absolute Gasteiger partial charge is 0.337 e. The first-order chi connectivity index (χ1) is 13.6. The van der Waals surface area contributed by atoms with Crippen LogP contribution in [0.15, 0.2) is 22.7 Å². The van der Waals surface area contributed by atoms with Crippen LogP contribution in [0.25, 0.3) is 0 Å². The maximum Gasteiger partial charge on any atom is 0.337 e. The molecule has 0 radical (unpaired) electrons. The van der Waals surface area contributed by atoms with Crippen LogP contribution in [0, 0.1) is 22.7 Å². The summed E-state index contributed by atoms with van der Waals surface area (Å²) in [5, 5.41) is 21.8. The van der Waals surface area contributed by atoms with E-state index in [1.165, 1.54) is 6.92 Å². The van der Waals surface area contributed by atoms with Crippen molar-refractivity contribution in [3.63, 3.8) is 0 Å². The molecule has 0 aliphatic heterocycles. The molecule has 2 rings (SSSR count). The van der Waals surface area contributed by atoms with Crippen LogP contribution >= 0.6 is 0 Å².